The first-order valence-corrected chi connectivity index (χ1v) is 9.13. The molecule has 3 heteroatoms. The summed E-state index contributed by atoms with van der Waals surface area (Å²) in [6.07, 6.45) is 9.69. The zero-order chi connectivity index (χ0) is 16.5. The normalized spacial score (nSPS) is 17.0. The van der Waals surface area contributed by atoms with Crippen molar-refractivity contribution in [3.63, 3.8) is 0 Å². The molecular weight excluding hydrogens is 286 g/mol. The van der Waals surface area contributed by atoms with Crippen LogP contribution in [-0.2, 0) is 11.2 Å². The first-order valence-electron chi connectivity index (χ1n) is 9.13. The van der Waals surface area contributed by atoms with Crippen molar-refractivity contribution in [1.82, 2.24) is 5.32 Å². The zero-order valence-corrected chi connectivity index (χ0v) is 14.4. The Labute approximate surface area is 140 Å². The lowest BCUT2D eigenvalue weighted by Crippen LogP contribution is -2.39. The third-order valence-corrected chi connectivity index (χ3v) is 4.92. The summed E-state index contributed by atoms with van der Waals surface area (Å²) in [4.78, 5) is 12.1. The van der Waals surface area contributed by atoms with Crippen LogP contribution in [0.25, 0.3) is 0 Å². The first kappa shape index (κ1) is 18.0. The van der Waals surface area contributed by atoms with Crippen LogP contribution in [0.3, 0.4) is 0 Å². The Hall–Kier alpha value is -1.35. The maximum absolute atomic E-state index is 12.1. The third-order valence-electron chi connectivity index (χ3n) is 4.92. The minimum absolute atomic E-state index is 0.0558. The lowest BCUT2D eigenvalue weighted by molar-refractivity contribution is -0.122. The molecule has 0 aromatic heterocycles. The van der Waals surface area contributed by atoms with Crippen LogP contribution in [0.4, 0.5) is 0 Å². The molecule has 128 valence electrons. The van der Waals surface area contributed by atoms with E-state index in [1.807, 2.05) is 0 Å². The number of hydrogen-bond donors (Lipinski definition) is 2. The van der Waals surface area contributed by atoms with Gasteiger partial charge in [0, 0.05) is 6.42 Å². The number of rotatable bonds is 8. The molecule has 0 spiro atoms. The van der Waals surface area contributed by atoms with Crippen molar-refractivity contribution in [2.24, 2.45) is 5.92 Å². The number of benzene rings is 1. The van der Waals surface area contributed by atoms with Crippen molar-refractivity contribution in [3.05, 3.63) is 35.4 Å². The van der Waals surface area contributed by atoms with Gasteiger partial charge in [-0.3, -0.25) is 4.79 Å². The number of amides is 1. The van der Waals surface area contributed by atoms with Gasteiger partial charge in [0.05, 0.1) is 12.6 Å². The van der Waals surface area contributed by atoms with E-state index in [0.717, 1.165) is 19.3 Å². The number of carbonyl (C=O) groups excluding carboxylic acids is 1. The molecule has 0 aliphatic heterocycles. The van der Waals surface area contributed by atoms with Gasteiger partial charge in [-0.05, 0) is 37.7 Å². The Morgan fingerprint density at radius 3 is 2.57 bits per heavy atom. The molecule has 2 rings (SSSR count). The highest BCUT2D eigenvalue weighted by Gasteiger charge is 2.19. The van der Waals surface area contributed by atoms with Crippen LogP contribution in [0.2, 0.25) is 0 Å². The molecule has 1 saturated carbocycles. The second kappa shape index (κ2) is 9.71. The average Bonchev–Trinajstić information content (AvgIpc) is 2.57. The van der Waals surface area contributed by atoms with E-state index < -0.39 is 0 Å². The highest BCUT2D eigenvalue weighted by Crippen LogP contribution is 2.27. The topological polar surface area (TPSA) is 49.3 Å². The Morgan fingerprint density at radius 1 is 1.22 bits per heavy atom. The van der Waals surface area contributed by atoms with Crippen LogP contribution in [-0.4, -0.2) is 23.7 Å². The van der Waals surface area contributed by atoms with Gasteiger partial charge in [-0.25, -0.2) is 0 Å². The maximum atomic E-state index is 12.1. The average molecular weight is 317 g/mol. The summed E-state index contributed by atoms with van der Waals surface area (Å²) < 4.78 is 0. The molecule has 23 heavy (non-hydrogen) atoms. The molecule has 1 aromatic carbocycles. The van der Waals surface area contributed by atoms with Crippen molar-refractivity contribution in [2.45, 2.75) is 70.8 Å². The molecular formula is C20H31NO2. The van der Waals surface area contributed by atoms with E-state index in [9.17, 15) is 9.90 Å². The summed E-state index contributed by atoms with van der Waals surface area (Å²) in [5.41, 5.74) is 2.55. The van der Waals surface area contributed by atoms with E-state index in [1.165, 1.54) is 43.2 Å². The molecule has 1 amide bonds. The number of nitrogens with one attached hydrogen (secondary N) is 1. The Balaban J connectivity index is 1.66. The van der Waals surface area contributed by atoms with E-state index in [4.69, 9.17) is 0 Å². The lowest BCUT2D eigenvalue weighted by atomic mass is 9.85. The number of aliphatic hydroxyl groups excluding tert-OH is 1. The predicted octanol–water partition coefficient (Wildman–Crippen LogP) is 3.77. The molecule has 0 radical (unpaired) electrons. The van der Waals surface area contributed by atoms with Gasteiger partial charge in [-0.1, -0.05) is 61.9 Å². The van der Waals surface area contributed by atoms with E-state index in [2.05, 4.69) is 36.5 Å². The van der Waals surface area contributed by atoms with Crippen molar-refractivity contribution < 1.29 is 9.90 Å². The van der Waals surface area contributed by atoms with E-state index >= 15 is 0 Å². The fourth-order valence-corrected chi connectivity index (χ4v) is 3.51. The standard InChI is InChI=1S/C20H31NO2/c1-16-10-12-17(13-11-16)8-5-9-20(23)21-19(15-22)14-18-6-3-2-4-7-18/h10-13,18-19,22H,2-9,14-15H2,1H3,(H,21,23). The second-order valence-corrected chi connectivity index (χ2v) is 7.03. The molecule has 3 nitrogen and oxygen atoms in total. The second-order valence-electron chi connectivity index (χ2n) is 7.03. The van der Waals surface area contributed by atoms with Crippen LogP contribution in [0.5, 0.6) is 0 Å². The minimum atomic E-state index is -0.0648. The molecule has 0 saturated heterocycles. The zero-order valence-electron chi connectivity index (χ0n) is 14.4. The Bertz CT molecular complexity index is 463. The van der Waals surface area contributed by atoms with Crippen molar-refractivity contribution >= 4 is 5.91 Å². The van der Waals surface area contributed by atoms with Gasteiger partial charge in [0.2, 0.25) is 5.91 Å². The first-order chi connectivity index (χ1) is 11.2. The van der Waals surface area contributed by atoms with Gasteiger partial charge >= 0.3 is 0 Å². The Morgan fingerprint density at radius 2 is 1.91 bits per heavy atom. The van der Waals surface area contributed by atoms with E-state index in [0.29, 0.717) is 12.3 Å². The van der Waals surface area contributed by atoms with Gasteiger partial charge < -0.3 is 10.4 Å². The molecule has 1 unspecified atom stereocenters. The van der Waals surface area contributed by atoms with Crippen molar-refractivity contribution in [1.29, 1.82) is 0 Å². The van der Waals surface area contributed by atoms with Gasteiger partial charge in [-0.15, -0.1) is 0 Å². The summed E-state index contributed by atoms with van der Waals surface area (Å²) in [5.74, 6) is 0.751. The SMILES string of the molecule is Cc1ccc(CCCC(=O)NC(CO)CC2CCCCC2)cc1. The van der Waals surface area contributed by atoms with E-state index in [-0.39, 0.29) is 18.6 Å². The fraction of sp³-hybridized carbons (Fsp3) is 0.650. The van der Waals surface area contributed by atoms with Gasteiger partial charge in [0.15, 0.2) is 0 Å². The summed E-state index contributed by atoms with van der Waals surface area (Å²) in [6.45, 7) is 2.14. The highest BCUT2D eigenvalue weighted by atomic mass is 16.3. The summed E-state index contributed by atoms with van der Waals surface area (Å²) >= 11 is 0. The van der Waals surface area contributed by atoms with Crippen LogP contribution >= 0.6 is 0 Å². The highest BCUT2D eigenvalue weighted by molar-refractivity contribution is 5.76. The molecule has 1 aromatic rings. The van der Waals surface area contributed by atoms with E-state index in [1.54, 1.807) is 0 Å². The minimum Gasteiger partial charge on any atom is -0.394 e. The summed E-state index contributed by atoms with van der Waals surface area (Å²) in [5, 5.41) is 12.5. The smallest absolute Gasteiger partial charge is 0.220 e. The summed E-state index contributed by atoms with van der Waals surface area (Å²) in [7, 11) is 0. The molecule has 1 aliphatic rings. The van der Waals surface area contributed by atoms with Crippen LogP contribution in [0.1, 0.15) is 62.5 Å². The van der Waals surface area contributed by atoms with Gasteiger partial charge in [-0.2, -0.15) is 0 Å². The quantitative estimate of drug-likeness (QED) is 0.767. The van der Waals surface area contributed by atoms with Crippen LogP contribution in [0, 0.1) is 12.8 Å². The molecule has 0 bridgehead atoms. The van der Waals surface area contributed by atoms with Crippen molar-refractivity contribution in [3.8, 4) is 0 Å². The monoisotopic (exact) mass is 317 g/mol. The third kappa shape index (κ3) is 6.74. The number of aryl methyl sites for hydroxylation is 2. The molecule has 0 heterocycles. The molecule has 2 N–H and O–H groups in total. The molecule has 1 atom stereocenters. The van der Waals surface area contributed by atoms with Crippen LogP contribution < -0.4 is 5.32 Å². The number of hydrogen-bond acceptors (Lipinski definition) is 2. The fourth-order valence-electron chi connectivity index (χ4n) is 3.51. The van der Waals surface area contributed by atoms with Crippen molar-refractivity contribution in [2.75, 3.05) is 6.61 Å². The number of carbonyl (C=O) groups is 1. The maximum Gasteiger partial charge on any atom is 0.220 e. The summed E-state index contributed by atoms with van der Waals surface area (Å²) in [6, 6.07) is 8.42. The number of aliphatic hydroxyl groups is 1. The van der Waals surface area contributed by atoms with Crippen LogP contribution in [0.15, 0.2) is 24.3 Å². The van der Waals surface area contributed by atoms with Gasteiger partial charge in [0.25, 0.3) is 0 Å². The predicted molar refractivity (Wildman–Crippen MR) is 94.3 cm³/mol. The van der Waals surface area contributed by atoms with Gasteiger partial charge in [0.1, 0.15) is 0 Å². The largest absolute Gasteiger partial charge is 0.394 e. The lowest BCUT2D eigenvalue weighted by Gasteiger charge is -2.26. The molecule has 1 fully saturated rings. The Kier molecular flexibility index (Phi) is 7.60. The molecule has 1 aliphatic carbocycles.